The van der Waals surface area contributed by atoms with E-state index in [9.17, 15) is 9.59 Å². The third kappa shape index (κ3) is 6.01. The second-order valence-corrected chi connectivity index (χ2v) is 5.04. The van der Waals surface area contributed by atoms with Crippen LogP contribution in [0.4, 0.5) is 10.5 Å². The third-order valence-corrected chi connectivity index (χ3v) is 3.25. The first-order valence-corrected chi connectivity index (χ1v) is 7.19. The second kappa shape index (κ2) is 8.89. The van der Waals surface area contributed by atoms with Gasteiger partial charge in [-0.15, -0.1) is 0 Å². The van der Waals surface area contributed by atoms with Crippen LogP contribution in [0.25, 0.3) is 0 Å². The molecule has 0 aliphatic rings. The number of nitrogen functional groups attached to an aromatic ring is 1. The maximum atomic E-state index is 11.7. The van der Waals surface area contributed by atoms with E-state index < -0.39 is 24.2 Å². The summed E-state index contributed by atoms with van der Waals surface area (Å²) in [5.74, 6) is -1.01. The minimum absolute atomic E-state index is 0.378. The molecule has 6 N–H and O–H groups in total. The second-order valence-electron chi connectivity index (χ2n) is 5.04. The summed E-state index contributed by atoms with van der Waals surface area (Å²) in [7, 11) is 0. The van der Waals surface area contributed by atoms with Crippen molar-refractivity contribution in [3.8, 4) is 0 Å². The molecule has 1 amide bonds. The Morgan fingerprint density at radius 2 is 2.00 bits per heavy atom. The summed E-state index contributed by atoms with van der Waals surface area (Å²) in [5.41, 5.74) is 12.5. The summed E-state index contributed by atoms with van der Waals surface area (Å²) in [4.78, 5) is 22.2. The van der Waals surface area contributed by atoms with Crippen molar-refractivity contribution in [1.82, 2.24) is 5.32 Å². The highest BCUT2D eigenvalue weighted by atomic mass is 16.6. The standard InChI is InChI=1S/C15H23N3O4/c1-10(11-6-2-3-7-12(11)16)22-15(21)18-9-5-4-8-13(17)14(19)20/h2-3,6-7,10,13H,4-5,8-9,16-17H2,1H3,(H,18,21)(H,19,20)/t10?,13-/m0/s1. The Kier molecular flexibility index (Phi) is 7.18. The Morgan fingerprint density at radius 3 is 2.64 bits per heavy atom. The molecule has 0 spiro atoms. The van der Waals surface area contributed by atoms with Gasteiger partial charge in [0.05, 0.1) is 0 Å². The molecular formula is C15H23N3O4. The average molecular weight is 309 g/mol. The number of aliphatic carboxylic acids is 1. The Balaban J connectivity index is 2.24. The van der Waals surface area contributed by atoms with Crippen LogP contribution in [0.3, 0.4) is 0 Å². The fraction of sp³-hybridized carbons (Fsp3) is 0.467. The first kappa shape index (κ1) is 17.8. The number of unbranched alkanes of at least 4 members (excludes halogenated alkanes) is 1. The largest absolute Gasteiger partial charge is 0.480 e. The van der Waals surface area contributed by atoms with E-state index in [0.29, 0.717) is 31.5 Å². The van der Waals surface area contributed by atoms with Gasteiger partial charge in [0.25, 0.3) is 0 Å². The van der Waals surface area contributed by atoms with Gasteiger partial charge in [-0.1, -0.05) is 18.2 Å². The van der Waals surface area contributed by atoms with Gasteiger partial charge in [-0.25, -0.2) is 4.79 Å². The summed E-state index contributed by atoms with van der Waals surface area (Å²) in [6.45, 7) is 2.15. The van der Waals surface area contributed by atoms with E-state index in [1.807, 2.05) is 12.1 Å². The highest BCUT2D eigenvalue weighted by molar-refractivity contribution is 5.72. The molecule has 1 rings (SSSR count). The number of carboxylic acid groups (broad SMARTS) is 1. The molecule has 7 heteroatoms. The normalized spacial score (nSPS) is 13.2. The molecule has 1 aromatic rings. The molecule has 0 saturated heterocycles. The number of hydrogen-bond donors (Lipinski definition) is 4. The van der Waals surface area contributed by atoms with Gasteiger partial charge < -0.3 is 26.6 Å². The molecular weight excluding hydrogens is 286 g/mol. The molecule has 0 saturated carbocycles. The lowest BCUT2D eigenvalue weighted by Gasteiger charge is -2.16. The highest BCUT2D eigenvalue weighted by Crippen LogP contribution is 2.22. The van der Waals surface area contributed by atoms with Gasteiger partial charge in [-0.2, -0.15) is 0 Å². The van der Waals surface area contributed by atoms with Crippen molar-refractivity contribution in [2.45, 2.75) is 38.3 Å². The van der Waals surface area contributed by atoms with Crippen molar-refractivity contribution in [2.24, 2.45) is 5.73 Å². The van der Waals surface area contributed by atoms with Gasteiger partial charge in [0, 0.05) is 17.8 Å². The molecule has 1 unspecified atom stereocenters. The van der Waals surface area contributed by atoms with E-state index in [1.54, 1.807) is 19.1 Å². The molecule has 0 aliphatic heterocycles. The number of alkyl carbamates (subject to hydrolysis) is 1. The van der Waals surface area contributed by atoms with Gasteiger partial charge >= 0.3 is 12.1 Å². The van der Waals surface area contributed by atoms with Crippen molar-refractivity contribution >= 4 is 17.7 Å². The van der Waals surface area contributed by atoms with Crippen LogP contribution < -0.4 is 16.8 Å². The zero-order chi connectivity index (χ0) is 16.5. The van der Waals surface area contributed by atoms with Crippen LogP contribution in [0.5, 0.6) is 0 Å². The quantitative estimate of drug-likeness (QED) is 0.427. The van der Waals surface area contributed by atoms with Crippen LogP contribution in [-0.4, -0.2) is 29.8 Å². The summed E-state index contributed by atoms with van der Waals surface area (Å²) in [6, 6.07) is 6.34. The molecule has 1 aromatic carbocycles. The van der Waals surface area contributed by atoms with E-state index in [4.69, 9.17) is 21.3 Å². The summed E-state index contributed by atoms with van der Waals surface area (Å²) < 4.78 is 5.23. The molecule has 2 atom stereocenters. The van der Waals surface area contributed by atoms with Crippen LogP contribution in [0.1, 0.15) is 37.9 Å². The number of hydrogen-bond acceptors (Lipinski definition) is 5. The van der Waals surface area contributed by atoms with E-state index in [2.05, 4.69) is 5.32 Å². The number of nitrogens with one attached hydrogen (secondary N) is 1. The van der Waals surface area contributed by atoms with Crippen molar-refractivity contribution in [1.29, 1.82) is 0 Å². The number of carbonyl (C=O) groups is 2. The number of nitrogens with two attached hydrogens (primary N) is 2. The van der Waals surface area contributed by atoms with Gasteiger partial charge in [-0.3, -0.25) is 4.79 Å². The predicted molar refractivity (Wildman–Crippen MR) is 83.2 cm³/mol. The first-order valence-electron chi connectivity index (χ1n) is 7.19. The Morgan fingerprint density at radius 1 is 1.32 bits per heavy atom. The Hall–Kier alpha value is -2.28. The molecule has 122 valence electrons. The number of carboxylic acids is 1. The predicted octanol–water partition coefficient (Wildman–Crippen LogP) is 1.64. The summed E-state index contributed by atoms with van der Waals surface area (Å²) in [6.07, 6.45) is 0.663. The fourth-order valence-corrected chi connectivity index (χ4v) is 1.95. The fourth-order valence-electron chi connectivity index (χ4n) is 1.95. The van der Waals surface area contributed by atoms with E-state index in [0.717, 1.165) is 5.56 Å². The van der Waals surface area contributed by atoms with Gasteiger partial charge in [0.1, 0.15) is 12.1 Å². The molecule has 0 radical (unpaired) electrons. The van der Waals surface area contributed by atoms with Crippen LogP contribution in [0.15, 0.2) is 24.3 Å². The summed E-state index contributed by atoms with van der Waals surface area (Å²) >= 11 is 0. The number of para-hydroxylation sites is 1. The Bertz CT molecular complexity index is 507. The van der Waals surface area contributed by atoms with Crippen LogP contribution in [0, 0.1) is 0 Å². The van der Waals surface area contributed by atoms with Crippen LogP contribution in [0.2, 0.25) is 0 Å². The van der Waals surface area contributed by atoms with E-state index in [1.165, 1.54) is 0 Å². The number of benzene rings is 1. The van der Waals surface area contributed by atoms with Gasteiger partial charge in [0.2, 0.25) is 0 Å². The van der Waals surface area contributed by atoms with Gasteiger partial charge in [-0.05, 0) is 32.3 Å². The molecule has 0 bridgehead atoms. The lowest BCUT2D eigenvalue weighted by molar-refractivity contribution is -0.138. The van der Waals surface area contributed by atoms with E-state index in [-0.39, 0.29) is 0 Å². The number of amides is 1. The zero-order valence-electron chi connectivity index (χ0n) is 12.6. The molecule has 0 fully saturated rings. The number of ether oxygens (including phenoxy) is 1. The molecule has 0 aliphatic carbocycles. The average Bonchev–Trinajstić information content (AvgIpc) is 2.46. The monoisotopic (exact) mass is 309 g/mol. The lowest BCUT2D eigenvalue weighted by Crippen LogP contribution is -2.30. The summed E-state index contributed by atoms with van der Waals surface area (Å²) in [5, 5.41) is 11.2. The van der Waals surface area contributed by atoms with Crippen LogP contribution >= 0.6 is 0 Å². The number of rotatable bonds is 8. The highest BCUT2D eigenvalue weighted by Gasteiger charge is 2.14. The van der Waals surface area contributed by atoms with Crippen molar-refractivity contribution in [3.05, 3.63) is 29.8 Å². The zero-order valence-corrected chi connectivity index (χ0v) is 12.6. The Labute approximate surface area is 129 Å². The minimum atomic E-state index is -1.01. The van der Waals surface area contributed by atoms with Crippen molar-refractivity contribution in [3.63, 3.8) is 0 Å². The SMILES string of the molecule is CC(OC(=O)NCCCC[C@H](N)C(=O)O)c1ccccc1N. The maximum absolute atomic E-state index is 11.7. The first-order chi connectivity index (χ1) is 10.4. The molecule has 0 heterocycles. The smallest absolute Gasteiger partial charge is 0.407 e. The molecule has 0 aromatic heterocycles. The van der Waals surface area contributed by atoms with Crippen molar-refractivity contribution in [2.75, 3.05) is 12.3 Å². The number of carbonyl (C=O) groups excluding carboxylic acids is 1. The molecule has 22 heavy (non-hydrogen) atoms. The lowest BCUT2D eigenvalue weighted by atomic mass is 10.1. The van der Waals surface area contributed by atoms with Gasteiger partial charge in [0.15, 0.2) is 0 Å². The van der Waals surface area contributed by atoms with Crippen molar-refractivity contribution < 1.29 is 19.4 Å². The van der Waals surface area contributed by atoms with Crippen LogP contribution in [-0.2, 0) is 9.53 Å². The maximum Gasteiger partial charge on any atom is 0.407 e. The minimum Gasteiger partial charge on any atom is -0.480 e. The van der Waals surface area contributed by atoms with E-state index >= 15 is 0 Å². The topological polar surface area (TPSA) is 128 Å². The number of anilines is 1. The third-order valence-electron chi connectivity index (χ3n) is 3.25. The molecule has 7 nitrogen and oxygen atoms in total.